The topological polar surface area (TPSA) is 71.0 Å². The molecule has 1 saturated heterocycles. The maximum Gasteiger partial charge on any atom is 0.238 e. The highest BCUT2D eigenvalue weighted by molar-refractivity contribution is 8.15. The molecule has 2 aromatic carbocycles. The summed E-state index contributed by atoms with van der Waals surface area (Å²) in [6, 6.07) is 14.1. The van der Waals surface area contributed by atoms with E-state index in [2.05, 4.69) is 10.3 Å². The summed E-state index contributed by atoms with van der Waals surface area (Å²) in [6.45, 7) is 2.37. The van der Waals surface area contributed by atoms with Crippen LogP contribution in [-0.4, -0.2) is 40.8 Å². The number of carbonyl (C=O) groups is 2. The largest absolute Gasteiger partial charge is 0.497 e. The Kier molecular flexibility index (Phi) is 6.59. The third-order valence-corrected chi connectivity index (χ3v) is 5.60. The number of benzene rings is 2. The van der Waals surface area contributed by atoms with Gasteiger partial charge in [0.1, 0.15) is 11.0 Å². The van der Waals surface area contributed by atoms with Crippen LogP contribution in [-0.2, 0) is 9.59 Å². The molecule has 0 unspecified atom stereocenters. The minimum absolute atomic E-state index is 0.121. The first-order chi connectivity index (χ1) is 13.5. The number of carbonyl (C=O) groups excluding carboxylic acids is 2. The fourth-order valence-electron chi connectivity index (χ4n) is 2.68. The van der Waals surface area contributed by atoms with Crippen molar-refractivity contribution in [2.45, 2.75) is 18.6 Å². The van der Waals surface area contributed by atoms with Crippen LogP contribution in [0.15, 0.2) is 53.5 Å². The van der Waals surface area contributed by atoms with E-state index in [0.717, 1.165) is 0 Å². The van der Waals surface area contributed by atoms with Crippen molar-refractivity contribution in [3.63, 3.8) is 0 Å². The Bertz CT molecular complexity index is 885. The summed E-state index contributed by atoms with van der Waals surface area (Å²) >= 11 is 7.20. The lowest BCUT2D eigenvalue weighted by molar-refractivity contribution is -0.129. The number of anilines is 1. The van der Waals surface area contributed by atoms with Crippen molar-refractivity contribution in [3.05, 3.63) is 53.6 Å². The number of rotatable bonds is 5. The molecule has 1 heterocycles. The van der Waals surface area contributed by atoms with Gasteiger partial charge in [0.05, 0.1) is 12.8 Å². The summed E-state index contributed by atoms with van der Waals surface area (Å²) in [4.78, 5) is 31.4. The highest BCUT2D eigenvalue weighted by atomic mass is 35.5. The molecule has 1 atom stereocenters. The van der Waals surface area contributed by atoms with Crippen LogP contribution < -0.4 is 10.1 Å². The van der Waals surface area contributed by atoms with Crippen molar-refractivity contribution < 1.29 is 14.3 Å². The molecule has 0 bridgehead atoms. The average Bonchev–Trinajstić information content (AvgIpc) is 2.70. The molecule has 2 amide bonds. The molecule has 2 aromatic rings. The molecule has 0 spiro atoms. The number of aliphatic imine (C=N–C) groups is 1. The summed E-state index contributed by atoms with van der Waals surface area (Å²) < 4.78 is 5.12. The van der Waals surface area contributed by atoms with Crippen LogP contribution in [0.1, 0.15) is 13.3 Å². The van der Waals surface area contributed by atoms with Gasteiger partial charge in [-0.15, -0.1) is 0 Å². The number of nitrogens with zero attached hydrogens (tertiary/aromatic N) is 2. The second kappa shape index (κ2) is 9.12. The molecule has 0 aromatic heterocycles. The third-order valence-electron chi connectivity index (χ3n) is 4.16. The van der Waals surface area contributed by atoms with E-state index in [1.165, 1.54) is 11.8 Å². The van der Waals surface area contributed by atoms with Crippen LogP contribution >= 0.6 is 23.4 Å². The van der Waals surface area contributed by atoms with Crippen molar-refractivity contribution in [1.29, 1.82) is 0 Å². The Balaban J connectivity index is 1.77. The van der Waals surface area contributed by atoms with Gasteiger partial charge in [0.25, 0.3) is 0 Å². The lowest BCUT2D eigenvalue weighted by atomic mass is 10.2. The molecule has 0 saturated carbocycles. The number of ether oxygens (including phenoxy) is 1. The van der Waals surface area contributed by atoms with Crippen LogP contribution in [0.2, 0.25) is 5.02 Å². The van der Waals surface area contributed by atoms with Crippen LogP contribution in [0, 0.1) is 0 Å². The van der Waals surface area contributed by atoms with E-state index in [1.54, 1.807) is 60.5 Å². The Morgan fingerprint density at radius 2 is 1.93 bits per heavy atom. The van der Waals surface area contributed by atoms with E-state index in [0.29, 0.717) is 33.9 Å². The SMILES string of the molecule is CCN1C(=O)C[C@H](C(=O)Nc2ccc(OC)cc2)SC1=Nc1ccc(Cl)cc1. The van der Waals surface area contributed by atoms with E-state index in [9.17, 15) is 9.59 Å². The summed E-state index contributed by atoms with van der Waals surface area (Å²) in [5, 5.41) is 3.42. The number of nitrogens with one attached hydrogen (secondary N) is 1. The Hall–Kier alpha value is -2.51. The zero-order chi connectivity index (χ0) is 20.1. The molecule has 3 rings (SSSR count). The lowest BCUT2D eigenvalue weighted by Crippen LogP contribution is -2.45. The number of methoxy groups -OCH3 is 1. The highest BCUT2D eigenvalue weighted by Crippen LogP contribution is 2.30. The molecular formula is C20H20ClN3O3S. The second-order valence-electron chi connectivity index (χ2n) is 6.04. The first-order valence-electron chi connectivity index (χ1n) is 8.76. The first kappa shape index (κ1) is 20.2. The molecule has 0 aliphatic carbocycles. The summed E-state index contributed by atoms with van der Waals surface area (Å²) in [6.07, 6.45) is 0.125. The Morgan fingerprint density at radius 1 is 1.25 bits per heavy atom. The monoisotopic (exact) mass is 417 g/mol. The average molecular weight is 418 g/mol. The number of thioether (sulfide) groups is 1. The zero-order valence-electron chi connectivity index (χ0n) is 15.5. The van der Waals surface area contributed by atoms with Crippen molar-refractivity contribution in [1.82, 2.24) is 4.90 Å². The van der Waals surface area contributed by atoms with Gasteiger partial charge >= 0.3 is 0 Å². The minimum Gasteiger partial charge on any atom is -0.497 e. The second-order valence-corrected chi connectivity index (χ2v) is 7.64. The molecule has 1 fully saturated rings. The molecule has 1 aliphatic rings. The maximum absolute atomic E-state index is 12.7. The van der Waals surface area contributed by atoms with E-state index in [4.69, 9.17) is 16.3 Å². The van der Waals surface area contributed by atoms with Gasteiger partial charge in [-0.2, -0.15) is 0 Å². The fourth-order valence-corrected chi connectivity index (χ4v) is 3.96. The van der Waals surface area contributed by atoms with Crippen LogP contribution in [0.5, 0.6) is 5.75 Å². The van der Waals surface area contributed by atoms with E-state index in [-0.39, 0.29) is 18.2 Å². The predicted octanol–water partition coefficient (Wildman–Crippen LogP) is 4.33. The van der Waals surface area contributed by atoms with Crippen molar-refractivity contribution >= 4 is 51.7 Å². The standard InChI is InChI=1S/C20H20ClN3O3S/c1-3-24-18(25)12-17(19(26)22-14-8-10-16(27-2)11-9-14)28-20(24)23-15-6-4-13(21)5-7-15/h4-11,17H,3,12H2,1-2H3,(H,22,26)/t17-/m1/s1. The van der Waals surface area contributed by atoms with Gasteiger partial charge in [0.15, 0.2) is 5.17 Å². The van der Waals surface area contributed by atoms with Gasteiger partial charge in [-0.3, -0.25) is 14.5 Å². The fraction of sp³-hybridized carbons (Fsp3) is 0.250. The number of halogens is 1. The van der Waals surface area contributed by atoms with Gasteiger partial charge < -0.3 is 10.1 Å². The van der Waals surface area contributed by atoms with E-state index < -0.39 is 5.25 Å². The predicted molar refractivity (Wildman–Crippen MR) is 114 cm³/mol. The Morgan fingerprint density at radius 3 is 2.54 bits per heavy atom. The number of amidine groups is 1. The maximum atomic E-state index is 12.7. The molecular weight excluding hydrogens is 398 g/mol. The van der Waals surface area contributed by atoms with Crippen molar-refractivity contribution in [3.8, 4) is 5.75 Å². The number of hydrogen-bond acceptors (Lipinski definition) is 5. The molecule has 8 heteroatoms. The molecule has 1 N–H and O–H groups in total. The van der Waals surface area contributed by atoms with Gasteiger partial charge in [-0.05, 0) is 55.5 Å². The summed E-state index contributed by atoms with van der Waals surface area (Å²) in [7, 11) is 1.58. The van der Waals surface area contributed by atoms with E-state index >= 15 is 0 Å². The highest BCUT2D eigenvalue weighted by Gasteiger charge is 2.35. The number of hydrogen-bond donors (Lipinski definition) is 1. The molecule has 6 nitrogen and oxygen atoms in total. The van der Waals surface area contributed by atoms with Crippen LogP contribution in [0.3, 0.4) is 0 Å². The van der Waals surface area contributed by atoms with Gasteiger partial charge in [0, 0.05) is 23.7 Å². The van der Waals surface area contributed by atoms with Gasteiger partial charge in [-0.25, -0.2) is 4.99 Å². The Labute approximate surface area is 172 Å². The third kappa shape index (κ3) is 4.85. The van der Waals surface area contributed by atoms with Crippen LogP contribution in [0.25, 0.3) is 0 Å². The normalized spacial score (nSPS) is 18.2. The first-order valence-corrected chi connectivity index (χ1v) is 10.0. The van der Waals surface area contributed by atoms with Crippen LogP contribution in [0.4, 0.5) is 11.4 Å². The lowest BCUT2D eigenvalue weighted by Gasteiger charge is -2.30. The summed E-state index contributed by atoms with van der Waals surface area (Å²) in [5.41, 5.74) is 1.32. The zero-order valence-corrected chi connectivity index (χ0v) is 17.1. The molecule has 1 aliphatic heterocycles. The number of amides is 2. The molecule has 0 radical (unpaired) electrons. The molecule has 146 valence electrons. The van der Waals surface area contributed by atoms with Crippen molar-refractivity contribution in [2.75, 3.05) is 19.0 Å². The van der Waals surface area contributed by atoms with Gasteiger partial charge in [0.2, 0.25) is 11.8 Å². The molecule has 28 heavy (non-hydrogen) atoms. The van der Waals surface area contributed by atoms with Gasteiger partial charge in [-0.1, -0.05) is 23.4 Å². The summed E-state index contributed by atoms with van der Waals surface area (Å²) in [5.74, 6) is 0.350. The van der Waals surface area contributed by atoms with Crippen molar-refractivity contribution in [2.24, 2.45) is 4.99 Å². The van der Waals surface area contributed by atoms with E-state index in [1.807, 2.05) is 6.92 Å². The quantitative estimate of drug-likeness (QED) is 0.786. The smallest absolute Gasteiger partial charge is 0.238 e. The minimum atomic E-state index is -0.552.